The second-order valence-electron chi connectivity index (χ2n) is 6.50. The number of carbonyl (C=O) groups is 1. The molecule has 0 unspecified atom stereocenters. The Bertz CT molecular complexity index is 898. The average molecular weight is 362 g/mol. The Morgan fingerprint density at radius 1 is 0.889 bits per heavy atom. The summed E-state index contributed by atoms with van der Waals surface area (Å²) in [5.41, 5.74) is 2.84. The van der Waals surface area contributed by atoms with Gasteiger partial charge in [0.25, 0.3) is 0 Å². The molecule has 0 saturated carbocycles. The Morgan fingerprint density at radius 3 is 2.19 bits per heavy atom. The molecule has 0 fully saturated rings. The van der Waals surface area contributed by atoms with Crippen LogP contribution in [0.25, 0.3) is 0 Å². The molecule has 4 heteroatoms. The molecule has 0 heterocycles. The molecule has 3 rings (SSSR count). The molecule has 0 aliphatic heterocycles. The Labute approximate surface area is 159 Å². The van der Waals surface area contributed by atoms with E-state index < -0.39 is 12.1 Å². The maximum absolute atomic E-state index is 11.8. The fourth-order valence-corrected chi connectivity index (χ4v) is 2.93. The van der Waals surface area contributed by atoms with Crippen molar-refractivity contribution in [2.75, 3.05) is 0 Å². The van der Waals surface area contributed by atoms with Gasteiger partial charge < -0.3 is 14.6 Å². The highest BCUT2D eigenvalue weighted by atomic mass is 16.5. The van der Waals surface area contributed by atoms with Crippen LogP contribution < -0.4 is 9.47 Å². The van der Waals surface area contributed by atoms with Gasteiger partial charge in [0.2, 0.25) is 0 Å². The first-order chi connectivity index (χ1) is 13.0. The molecule has 0 amide bonds. The van der Waals surface area contributed by atoms with Gasteiger partial charge in [-0.25, -0.2) is 4.79 Å². The van der Waals surface area contributed by atoms with Crippen LogP contribution in [0.4, 0.5) is 0 Å². The van der Waals surface area contributed by atoms with E-state index in [-0.39, 0.29) is 6.42 Å². The fraction of sp³-hybridized carbons (Fsp3) is 0.174. The summed E-state index contributed by atoms with van der Waals surface area (Å²) >= 11 is 0. The van der Waals surface area contributed by atoms with Crippen molar-refractivity contribution in [3.05, 3.63) is 89.5 Å². The monoisotopic (exact) mass is 362 g/mol. The van der Waals surface area contributed by atoms with Crippen LogP contribution in [0.1, 0.15) is 16.7 Å². The number of rotatable bonds is 7. The lowest BCUT2D eigenvalue weighted by Crippen LogP contribution is -2.29. The molecule has 1 atom stereocenters. The number of aryl methyl sites for hydroxylation is 2. The van der Waals surface area contributed by atoms with Crippen LogP contribution in [-0.2, 0) is 11.2 Å². The molecule has 0 spiro atoms. The maximum Gasteiger partial charge on any atom is 0.345 e. The SMILES string of the molecule is Cc1cc(C)cc(O[C@@H](Cc2ccccc2Oc2ccccc2)C(=O)O)c1. The zero-order chi connectivity index (χ0) is 19.2. The van der Waals surface area contributed by atoms with E-state index in [0.29, 0.717) is 17.2 Å². The van der Waals surface area contributed by atoms with Crippen molar-refractivity contribution in [3.63, 3.8) is 0 Å². The molecule has 27 heavy (non-hydrogen) atoms. The average Bonchev–Trinajstić information content (AvgIpc) is 2.62. The molecule has 3 aromatic rings. The minimum Gasteiger partial charge on any atom is -0.478 e. The summed E-state index contributed by atoms with van der Waals surface area (Å²) in [6.07, 6.45) is -0.808. The van der Waals surface area contributed by atoms with Gasteiger partial charge in [0.1, 0.15) is 17.2 Å². The van der Waals surface area contributed by atoms with E-state index in [2.05, 4.69) is 0 Å². The number of benzene rings is 3. The topological polar surface area (TPSA) is 55.8 Å². The summed E-state index contributed by atoms with van der Waals surface area (Å²) < 4.78 is 11.7. The molecule has 0 saturated heterocycles. The number of carboxylic acids is 1. The number of para-hydroxylation sites is 2. The van der Waals surface area contributed by atoms with Crippen LogP contribution in [0, 0.1) is 13.8 Å². The largest absolute Gasteiger partial charge is 0.478 e. The number of hydrogen-bond acceptors (Lipinski definition) is 3. The van der Waals surface area contributed by atoms with Crippen molar-refractivity contribution in [1.29, 1.82) is 0 Å². The van der Waals surface area contributed by atoms with E-state index in [1.165, 1.54) is 0 Å². The van der Waals surface area contributed by atoms with Crippen molar-refractivity contribution >= 4 is 5.97 Å². The van der Waals surface area contributed by atoms with Crippen molar-refractivity contribution in [2.45, 2.75) is 26.4 Å². The first-order valence-corrected chi connectivity index (χ1v) is 8.80. The minimum absolute atomic E-state index is 0.200. The lowest BCUT2D eigenvalue weighted by Gasteiger charge is -2.18. The standard InChI is InChI=1S/C23H22O4/c1-16-12-17(2)14-20(13-16)27-22(23(24)25)15-18-8-6-7-11-21(18)26-19-9-4-3-5-10-19/h3-14,22H,15H2,1-2H3,(H,24,25)/t22-/m0/s1. The molecule has 0 aliphatic rings. The smallest absolute Gasteiger partial charge is 0.345 e. The summed E-state index contributed by atoms with van der Waals surface area (Å²) in [7, 11) is 0. The zero-order valence-electron chi connectivity index (χ0n) is 15.4. The Hall–Kier alpha value is -3.27. The predicted octanol–water partition coefficient (Wildman–Crippen LogP) is 5.17. The van der Waals surface area contributed by atoms with Crippen LogP contribution in [0.3, 0.4) is 0 Å². The van der Waals surface area contributed by atoms with Crippen LogP contribution in [-0.4, -0.2) is 17.2 Å². The molecule has 0 bridgehead atoms. The number of aliphatic carboxylic acids is 1. The third-order valence-electron chi connectivity index (χ3n) is 4.10. The van der Waals surface area contributed by atoms with Gasteiger partial charge in [-0.2, -0.15) is 0 Å². The number of ether oxygens (including phenoxy) is 2. The zero-order valence-corrected chi connectivity index (χ0v) is 15.4. The van der Waals surface area contributed by atoms with Crippen LogP contribution in [0.2, 0.25) is 0 Å². The third-order valence-corrected chi connectivity index (χ3v) is 4.10. The molecule has 138 valence electrons. The van der Waals surface area contributed by atoms with Crippen molar-refractivity contribution in [1.82, 2.24) is 0 Å². The van der Waals surface area contributed by atoms with Crippen molar-refractivity contribution in [3.8, 4) is 17.2 Å². The molecule has 4 nitrogen and oxygen atoms in total. The molecule has 0 radical (unpaired) electrons. The highest BCUT2D eigenvalue weighted by Gasteiger charge is 2.22. The molecule has 0 aliphatic carbocycles. The fourth-order valence-electron chi connectivity index (χ4n) is 2.93. The van der Waals surface area contributed by atoms with Crippen LogP contribution in [0.15, 0.2) is 72.8 Å². The number of carboxylic acid groups (broad SMARTS) is 1. The Kier molecular flexibility index (Phi) is 5.77. The van der Waals surface area contributed by atoms with Gasteiger partial charge in [0.15, 0.2) is 6.10 Å². The second-order valence-corrected chi connectivity index (χ2v) is 6.50. The van der Waals surface area contributed by atoms with Gasteiger partial charge in [0, 0.05) is 6.42 Å². The summed E-state index contributed by atoms with van der Waals surface area (Å²) in [5, 5.41) is 9.65. The van der Waals surface area contributed by atoms with Gasteiger partial charge in [0.05, 0.1) is 0 Å². The van der Waals surface area contributed by atoms with Gasteiger partial charge in [-0.15, -0.1) is 0 Å². The van der Waals surface area contributed by atoms with Gasteiger partial charge in [-0.3, -0.25) is 0 Å². The summed E-state index contributed by atoms with van der Waals surface area (Å²) in [4.78, 5) is 11.8. The predicted molar refractivity (Wildman–Crippen MR) is 105 cm³/mol. The minimum atomic E-state index is -1.01. The normalized spacial score (nSPS) is 11.6. The van der Waals surface area contributed by atoms with Gasteiger partial charge in [-0.1, -0.05) is 42.5 Å². The van der Waals surface area contributed by atoms with Gasteiger partial charge in [-0.05, 0) is 60.9 Å². The highest BCUT2D eigenvalue weighted by molar-refractivity contribution is 5.73. The van der Waals surface area contributed by atoms with E-state index in [0.717, 1.165) is 16.7 Å². The number of hydrogen-bond donors (Lipinski definition) is 1. The molecular weight excluding hydrogens is 340 g/mol. The van der Waals surface area contributed by atoms with Gasteiger partial charge >= 0.3 is 5.97 Å². The summed E-state index contributed by atoms with van der Waals surface area (Å²) in [5.74, 6) is 0.871. The molecular formula is C23H22O4. The molecule has 0 aromatic heterocycles. The van der Waals surface area contributed by atoms with E-state index in [4.69, 9.17) is 9.47 Å². The van der Waals surface area contributed by atoms with E-state index in [1.807, 2.05) is 86.6 Å². The Morgan fingerprint density at radius 2 is 1.52 bits per heavy atom. The highest BCUT2D eigenvalue weighted by Crippen LogP contribution is 2.27. The lowest BCUT2D eigenvalue weighted by molar-refractivity contribution is -0.145. The van der Waals surface area contributed by atoms with Crippen molar-refractivity contribution < 1.29 is 19.4 Å². The third kappa shape index (κ3) is 5.11. The second kappa shape index (κ2) is 8.41. The molecule has 3 aromatic carbocycles. The van der Waals surface area contributed by atoms with Crippen LogP contribution in [0.5, 0.6) is 17.2 Å². The van der Waals surface area contributed by atoms with Crippen LogP contribution >= 0.6 is 0 Å². The van der Waals surface area contributed by atoms with Crippen molar-refractivity contribution in [2.24, 2.45) is 0 Å². The van der Waals surface area contributed by atoms with E-state index in [9.17, 15) is 9.90 Å². The summed E-state index contributed by atoms with van der Waals surface area (Å²) in [6, 6.07) is 22.5. The first kappa shape index (κ1) is 18.5. The maximum atomic E-state index is 11.8. The quantitative estimate of drug-likeness (QED) is 0.630. The summed E-state index contributed by atoms with van der Waals surface area (Å²) in [6.45, 7) is 3.91. The van der Waals surface area contributed by atoms with E-state index in [1.54, 1.807) is 0 Å². The van der Waals surface area contributed by atoms with E-state index >= 15 is 0 Å². The lowest BCUT2D eigenvalue weighted by atomic mass is 10.1. The molecule has 1 N–H and O–H groups in total. The first-order valence-electron chi connectivity index (χ1n) is 8.80. The Balaban J connectivity index is 1.81.